The van der Waals surface area contributed by atoms with E-state index in [1.54, 1.807) is 13.0 Å². The second-order valence-electron chi connectivity index (χ2n) is 6.66. The summed E-state index contributed by atoms with van der Waals surface area (Å²) in [5, 5.41) is 2.41. The highest BCUT2D eigenvalue weighted by molar-refractivity contribution is 6.37. The van der Waals surface area contributed by atoms with Crippen molar-refractivity contribution in [2.75, 3.05) is 19.5 Å². The van der Waals surface area contributed by atoms with Crippen molar-refractivity contribution in [3.8, 4) is 5.88 Å². The smallest absolute Gasteiger partial charge is 0.396 e. The topological polar surface area (TPSA) is 104 Å². The number of ether oxygens (including phenoxy) is 3. The second kappa shape index (κ2) is 8.16. The average Bonchev–Trinajstić information content (AvgIpc) is 2.64. The van der Waals surface area contributed by atoms with Crippen LogP contribution in [-0.2, 0) is 23.9 Å². The molecule has 1 fully saturated rings. The molecule has 0 aliphatic heterocycles. The molecule has 2 rings (SSSR count). The van der Waals surface area contributed by atoms with E-state index in [4.69, 9.17) is 9.47 Å². The summed E-state index contributed by atoms with van der Waals surface area (Å²) in [5.41, 5.74) is 0.653. The van der Waals surface area contributed by atoms with Crippen LogP contribution in [0.5, 0.6) is 5.88 Å². The molecular weight excluding hydrogens is 340 g/mol. The molecule has 8 nitrogen and oxygen atoms in total. The molecule has 0 bridgehead atoms. The van der Waals surface area contributed by atoms with Crippen molar-refractivity contribution >= 4 is 23.5 Å². The monoisotopic (exact) mass is 364 g/mol. The predicted octanol–water partition coefficient (Wildman–Crippen LogP) is 2.00. The Morgan fingerprint density at radius 2 is 1.85 bits per heavy atom. The first kappa shape index (κ1) is 19.7. The summed E-state index contributed by atoms with van der Waals surface area (Å²) in [5.74, 6) is -1.56. The molecule has 0 radical (unpaired) electrons. The molecule has 8 heteroatoms. The molecule has 1 aliphatic carbocycles. The number of nitrogens with one attached hydrogen (secondary N) is 1. The summed E-state index contributed by atoms with van der Waals surface area (Å²) in [4.78, 5) is 38.7. The second-order valence-corrected chi connectivity index (χ2v) is 6.66. The maximum Gasteiger partial charge on any atom is 0.396 e. The fourth-order valence-corrected chi connectivity index (χ4v) is 2.98. The van der Waals surface area contributed by atoms with Gasteiger partial charge in [0.1, 0.15) is 6.10 Å². The molecule has 1 heterocycles. The molecular formula is C18H24N2O6. The van der Waals surface area contributed by atoms with E-state index in [1.807, 2.05) is 6.92 Å². The number of hydrogen-bond acceptors (Lipinski definition) is 7. The first-order chi connectivity index (χ1) is 12.3. The lowest BCUT2D eigenvalue weighted by molar-refractivity contribution is -0.154. The fraction of sp³-hybridized carbons (Fsp3) is 0.556. The molecule has 0 unspecified atom stereocenters. The number of amides is 1. The van der Waals surface area contributed by atoms with Gasteiger partial charge in [0.05, 0.1) is 31.5 Å². The SMILES string of the molecule is COC(=O)C(=O)Nc1cnc(OC2CCC(C)(C(=O)OC)CC2)c(C)c1. The van der Waals surface area contributed by atoms with Crippen LogP contribution in [0.4, 0.5) is 5.69 Å². The van der Waals surface area contributed by atoms with Crippen LogP contribution >= 0.6 is 0 Å². The molecule has 0 saturated heterocycles. The molecule has 1 aromatic heterocycles. The number of nitrogens with zero attached hydrogens (tertiary/aromatic N) is 1. The Labute approximate surface area is 152 Å². The van der Waals surface area contributed by atoms with Crippen molar-refractivity contribution < 1.29 is 28.6 Å². The summed E-state index contributed by atoms with van der Waals surface area (Å²) >= 11 is 0. The largest absolute Gasteiger partial charge is 0.474 e. The van der Waals surface area contributed by atoms with E-state index in [2.05, 4.69) is 15.0 Å². The Balaban J connectivity index is 1.96. The highest BCUT2D eigenvalue weighted by atomic mass is 16.5. The van der Waals surface area contributed by atoms with Gasteiger partial charge in [0, 0.05) is 5.56 Å². The Kier molecular flexibility index (Phi) is 6.18. The zero-order valence-electron chi connectivity index (χ0n) is 15.5. The lowest BCUT2D eigenvalue weighted by Crippen LogP contribution is -2.37. The Bertz CT molecular complexity index is 695. The van der Waals surface area contributed by atoms with Crippen molar-refractivity contribution in [2.24, 2.45) is 5.41 Å². The summed E-state index contributed by atoms with van der Waals surface area (Å²) < 4.78 is 15.2. The number of rotatable bonds is 4. The minimum atomic E-state index is -0.973. The first-order valence-corrected chi connectivity index (χ1v) is 8.40. The molecule has 0 atom stereocenters. The zero-order valence-corrected chi connectivity index (χ0v) is 15.5. The van der Waals surface area contributed by atoms with Gasteiger partial charge in [-0.1, -0.05) is 0 Å². The minimum absolute atomic E-state index is 0.0329. The van der Waals surface area contributed by atoms with E-state index in [-0.39, 0.29) is 12.1 Å². The maximum absolute atomic E-state index is 11.9. The molecule has 1 amide bonds. The quantitative estimate of drug-likeness (QED) is 0.644. The van der Waals surface area contributed by atoms with Crippen molar-refractivity contribution in [3.05, 3.63) is 17.8 Å². The lowest BCUT2D eigenvalue weighted by atomic mass is 9.75. The van der Waals surface area contributed by atoms with Gasteiger partial charge in [-0.3, -0.25) is 9.59 Å². The van der Waals surface area contributed by atoms with Crippen LogP contribution in [0.3, 0.4) is 0 Å². The molecule has 1 saturated carbocycles. The van der Waals surface area contributed by atoms with Crippen LogP contribution in [0.15, 0.2) is 12.3 Å². The Hall–Kier alpha value is -2.64. The minimum Gasteiger partial charge on any atom is -0.474 e. The number of pyridine rings is 1. The normalized spacial score (nSPS) is 22.2. The van der Waals surface area contributed by atoms with Gasteiger partial charge in [-0.05, 0) is 45.6 Å². The number of carbonyl (C=O) groups is 3. The lowest BCUT2D eigenvalue weighted by Gasteiger charge is -2.34. The highest BCUT2D eigenvalue weighted by Crippen LogP contribution is 2.38. The van der Waals surface area contributed by atoms with E-state index >= 15 is 0 Å². The third-order valence-electron chi connectivity index (χ3n) is 4.65. The third-order valence-corrected chi connectivity index (χ3v) is 4.65. The number of aromatic nitrogens is 1. The molecule has 1 N–H and O–H groups in total. The summed E-state index contributed by atoms with van der Waals surface area (Å²) in [6, 6.07) is 1.67. The van der Waals surface area contributed by atoms with Crippen LogP contribution in [0.25, 0.3) is 0 Å². The van der Waals surface area contributed by atoms with Gasteiger partial charge in [-0.15, -0.1) is 0 Å². The van der Waals surface area contributed by atoms with E-state index in [1.165, 1.54) is 13.3 Å². The van der Waals surface area contributed by atoms with Crippen LogP contribution in [0.1, 0.15) is 38.2 Å². The van der Waals surface area contributed by atoms with Crippen molar-refractivity contribution in [2.45, 2.75) is 45.6 Å². The third kappa shape index (κ3) is 4.50. The van der Waals surface area contributed by atoms with Crippen LogP contribution in [0.2, 0.25) is 0 Å². The number of anilines is 1. The van der Waals surface area contributed by atoms with E-state index in [9.17, 15) is 14.4 Å². The average molecular weight is 364 g/mol. The van der Waals surface area contributed by atoms with Crippen molar-refractivity contribution in [1.29, 1.82) is 0 Å². The molecule has 0 spiro atoms. The molecule has 1 aromatic rings. The van der Waals surface area contributed by atoms with E-state index < -0.39 is 17.3 Å². The molecule has 26 heavy (non-hydrogen) atoms. The van der Waals surface area contributed by atoms with Gasteiger partial charge in [0.15, 0.2) is 0 Å². The molecule has 142 valence electrons. The van der Waals surface area contributed by atoms with E-state index in [0.717, 1.165) is 25.5 Å². The van der Waals surface area contributed by atoms with Crippen LogP contribution < -0.4 is 10.1 Å². The van der Waals surface area contributed by atoms with Crippen LogP contribution in [-0.4, -0.2) is 43.2 Å². The highest BCUT2D eigenvalue weighted by Gasteiger charge is 2.39. The Morgan fingerprint density at radius 1 is 1.19 bits per heavy atom. The number of esters is 2. The molecule has 1 aliphatic rings. The summed E-state index contributed by atoms with van der Waals surface area (Å²) in [6.07, 6.45) is 4.23. The van der Waals surface area contributed by atoms with Gasteiger partial charge >= 0.3 is 17.8 Å². The molecule has 0 aromatic carbocycles. The number of carbonyl (C=O) groups excluding carboxylic acids is 3. The van der Waals surface area contributed by atoms with Gasteiger partial charge < -0.3 is 19.5 Å². The predicted molar refractivity (Wildman–Crippen MR) is 92.6 cm³/mol. The maximum atomic E-state index is 11.9. The number of hydrogen-bond donors (Lipinski definition) is 1. The van der Waals surface area contributed by atoms with Gasteiger partial charge in [-0.2, -0.15) is 0 Å². The van der Waals surface area contributed by atoms with Gasteiger partial charge in [-0.25, -0.2) is 9.78 Å². The Morgan fingerprint density at radius 3 is 2.38 bits per heavy atom. The first-order valence-electron chi connectivity index (χ1n) is 8.40. The van der Waals surface area contributed by atoms with Crippen molar-refractivity contribution in [1.82, 2.24) is 4.98 Å². The number of aryl methyl sites for hydroxylation is 1. The fourth-order valence-electron chi connectivity index (χ4n) is 2.98. The van der Waals surface area contributed by atoms with Crippen molar-refractivity contribution in [3.63, 3.8) is 0 Å². The number of methoxy groups -OCH3 is 2. The summed E-state index contributed by atoms with van der Waals surface area (Å²) in [7, 11) is 2.54. The van der Waals surface area contributed by atoms with Gasteiger partial charge in [0.2, 0.25) is 5.88 Å². The van der Waals surface area contributed by atoms with Gasteiger partial charge in [0.25, 0.3) is 0 Å². The summed E-state index contributed by atoms with van der Waals surface area (Å²) in [6.45, 7) is 3.72. The van der Waals surface area contributed by atoms with E-state index in [0.29, 0.717) is 24.4 Å². The standard InChI is InChI=1S/C18H24N2O6/c1-11-9-12(20-14(21)16(22)24-3)10-19-15(11)26-13-5-7-18(2,8-6-13)17(23)25-4/h9-10,13H,5-8H2,1-4H3,(H,20,21). The zero-order chi connectivity index (χ0) is 19.3. The van der Waals surface area contributed by atoms with Crippen LogP contribution in [0, 0.1) is 12.3 Å².